The molecule has 0 bridgehead atoms. The van der Waals surface area contributed by atoms with Crippen molar-refractivity contribution in [1.29, 1.82) is 0 Å². The molecule has 4 heterocycles. The Morgan fingerprint density at radius 1 is 0.310 bits per heavy atom. The number of fused-ring (bicyclic) bond motifs is 12. The molecule has 0 N–H and O–H groups in total. The van der Waals surface area contributed by atoms with E-state index in [9.17, 15) is 0 Å². The molecule has 274 valence electrons. The van der Waals surface area contributed by atoms with Gasteiger partial charge in [0.15, 0.2) is 0 Å². The lowest BCUT2D eigenvalue weighted by molar-refractivity contribution is 0.791. The molecule has 7 aromatic carbocycles. The van der Waals surface area contributed by atoms with E-state index < -0.39 is 0 Å². The number of hydrogen-bond donors (Lipinski definition) is 0. The van der Waals surface area contributed by atoms with Crippen molar-refractivity contribution in [3.05, 3.63) is 214 Å². The van der Waals surface area contributed by atoms with Crippen LogP contribution in [-0.4, -0.2) is 21.2 Å². The van der Waals surface area contributed by atoms with E-state index in [1.807, 2.05) is 0 Å². The van der Waals surface area contributed by atoms with Gasteiger partial charge in [-0.2, -0.15) is 0 Å². The molecule has 0 radical (unpaired) electrons. The predicted octanol–water partition coefficient (Wildman–Crippen LogP) is 9.33. The summed E-state index contributed by atoms with van der Waals surface area (Å²) in [6, 6.07) is 67.0. The lowest BCUT2D eigenvalue weighted by Crippen LogP contribution is -2.40. The Labute approximate surface area is 336 Å². The van der Waals surface area contributed by atoms with Crippen molar-refractivity contribution >= 4 is 68.9 Å². The lowest BCUT2D eigenvalue weighted by atomic mass is 9.90. The van der Waals surface area contributed by atoms with E-state index in [4.69, 9.17) is 0 Å². The molecule has 58 heavy (non-hydrogen) atoms. The fourth-order valence-corrected chi connectivity index (χ4v) is 10.8. The van der Waals surface area contributed by atoms with E-state index in [0.717, 1.165) is 0 Å². The highest BCUT2D eigenvalue weighted by molar-refractivity contribution is 5.90. The Balaban J connectivity index is 0.952. The summed E-state index contributed by atoms with van der Waals surface area (Å²) in [5, 5.41) is 7.77. The third-order valence-electron chi connectivity index (χ3n) is 13.1. The van der Waals surface area contributed by atoms with Crippen LogP contribution >= 0.6 is 0 Å². The molecule has 2 aliphatic heterocycles. The van der Waals surface area contributed by atoms with Crippen LogP contribution in [0.2, 0.25) is 0 Å². The number of benzene rings is 7. The first kappa shape index (κ1) is 31.9. The largest absolute Gasteiger partial charge is 0.333 e. The fraction of sp³-hybridized carbons (Fsp3) is 0.0741. The maximum absolute atomic E-state index is 2.57. The van der Waals surface area contributed by atoms with Gasteiger partial charge in [0.2, 0.25) is 0 Å². The second-order valence-electron chi connectivity index (χ2n) is 16.0. The zero-order chi connectivity index (χ0) is 37.9. The van der Waals surface area contributed by atoms with E-state index in [1.54, 1.807) is 0 Å². The van der Waals surface area contributed by atoms with Gasteiger partial charge in [-0.05, 0) is 96.1 Å². The molecule has 13 rings (SSSR count). The molecule has 4 aliphatic rings. The summed E-state index contributed by atoms with van der Waals surface area (Å²) < 4.78 is 4.90. The molecular weight excluding hydrogens is 705 g/mol. The number of aromatic nitrogens is 2. The van der Waals surface area contributed by atoms with Crippen LogP contribution in [0, 0.1) is 0 Å². The third-order valence-corrected chi connectivity index (χ3v) is 13.1. The Hall–Kier alpha value is -7.30. The molecule has 4 nitrogen and oxygen atoms in total. The van der Waals surface area contributed by atoms with Crippen LogP contribution in [0.4, 0.5) is 22.7 Å². The number of anilines is 4. The molecule has 2 aliphatic carbocycles. The first-order chi connectivity index (χ1) is 28.8. The highest BCUT2D eigenvalue weighted by atomic mass is 15.2. The third kappa shape index (κ3) is 4.40. The quantitative estimate of drug-likeness (QED) is 0.179. The monoisotopic (exact) mass is 742 g/mol. The summed E-state index contributed by atoms with van der Waals surface area (Å²) in [6.45, 7) is 0. The summed E-state index contributed by atoms with van der Waals surface area (Å²) in [7, 11) is 0. The van der Waals surface area contributed by atoms with Crippen LogP contribution in [0.3, 0.4) is 0 Å². The maximum Gasteiger partial charge on any atom is 0.0650 e. The second kappa shape index (κ2) is 12.1. The van der Waals surface area contributed by atoms with Crippen molar-refractivity contribution in [2.45, 2.75) is 23.9 Å². The molecule has 4 heteroatoms. The average Bonchev–Trinajstić information content (AvgIpc) is 4.00. The van der Waals surface area contributed by atoms with Crippen LogP contribution in [0.5, 0.6) is 0 Å². The van der Waals surface area contributed by atoms with Gasteiger partial charge in [0.05, 0.1) is 33.8 Å². The van der Waals surface area contributed by atoms with Crippen LogP contribution in [-0.2, 0) is 0 Å². The fourth-order valence-electron chi connectivity index (χ4n) is 10.8. The van der Waals surface area contributed by atoms with Gasteiger partial charge in [-0.1, -0.05) is 121 Å². The van der Waals surface area contributed by atoms with Gasteiger partial charge < -0.3 is 18.9 Å². The van der Waals surface area contributed by atoms with Crippen molar-refractivity contribution in [1.82, 2.24) is 9.13 Å². The molecular formula is C54H38N4. The number of rotatable bonds is 4. The highest BCUT2D eigenvalue weighted by Gasteiger charge is 2.41. The zero-order valence-electron chi connectivity index (χ0n) is 31.7. The summed E-state index contributed by atoms with van der Waals surface area (Å²) in [6.07, 6.45) is 10.1. The first-order valence-corrected chi connectivity index (χ1v) is 20.4. The maximum atomic E-state index is 2.57. The number of hydrogen-bond acceptors (Lipinski definition) is 2. The molecule has 2 aromatic heterocycles. The van der Waals surface area contributed by atoms with E-state index in [2.05, 4.69) is 225 Å². The minimum Gasteiger partial charge on any atom is -0.333 e. The topological polar surface area (TPSA) is 16.3 Å². The first-order valence-electron chi connectivity index (χ1n) is 20.4. The minimum absolute atomic E-state index is 0.138. The van der Waals surface area contributed by atoms with Crippen LogP contribution < -0.4 is 30.9 Å². The van der Waals surface area contributed by atoms with Crippen molar-refractivity contribution in [3.8, 4) is 11.4 Å². The summed E-state index contributed by atoms with van der Waals surface area (Å²) >= 11 is 0. The summed E-state index contributed by atoms with van der Waals surface area (Å²) in [5.41, 5.74) is 12.6. The highest BCUT2D eigenvalue weighted by Crippen LogP contribution is 2.50. The Morgan fingerprint density at radius 3 is 1.14 bits per heavy atom. The minimum atomic E-state index is 0.138. The van der Waals surface area contributed by atoms with Gasteiger partial charge in [0.25, 0.3) is 0 Å². The SMILES string of the molecule is C1=c2c(n(-c3ccccc3)c3ccccc23)=CC2C1c1ccccc1N2c1ccc(N2c3ccccc3C3C=c4c(n(-c5ccccc5)c5ccccc45)=CC32)cc1. The Morgan fingerprint density at radius 2 is 0.690 bits per heavy atom. The second-order valence-corrected chi connectivity index (χ2v) is 16.0. The van der Waals surface area contributed by atoms with Crippen molar-refractivity contribution in [3.63, 3.8) is 0 Å². The summed E-state index contributed by atoms with van der Waals surface area (Å²) in [5.74, 6) is 0.477. The molecule has 4 unspecified atom stereocenters. The van der Waals surface area contributed by atoms with E-state index in [-0.39, 0.29) is 23.9 Å². The zero-order valence-corrected chi connectivity index (χ0v) is 31.7. The van der Waals surface area contributed by atoms with Crippen molar-refractivity contribution in [2.75, 3.05) is 9.80 Å². The van der Waals surface area contributed by atoms with Gasteiger partial charge in [-0.25, -0.2) is 0 Å². The molecule has 0 saturated carbocycles. The van der Waals surface area contributed by atoms with Crippen molar-refractivity contribution < 1.29 is 0 Å². The van der Waals surface area contributed by atoms with Crippen LogP contribution in [0.25, 0.3) is 57.5 Å². The normalized spacial score (nSPS) is 19.5. The Bertz CT molecular complexity index is 3150. The van der Waals surface area contributed by atoms with E-state index in [1.165, 1.54) is 88.2 Å². The summed E-state index contributed by atoms with van der Waals surface area (Å²) in [4.78, 5) is 5.14. The molecule has 0 spiro atoms. The average molecular weight is 743 g/mol. The molecule has 4 atom stereocenters. The predicted molar refractivity (Wildman–Crippen MR) is 240 cm³/mol. The number of nitrogens with zero attached hydrogens (tertiary/aromatic N) is 4. The lowest BCUT2D eigenvalue weighted by Gasteiger charge is -2.31. The van der Waals surface area contributed by atoms with Gasteiger partial charge in [-0.3, -0.25) is 0 Å². The van der Waals surface area contributed by atoms with Gasteiger partial charge in [0, 0.05) is 67.2 Å². The molecule has 0 fully saturated rings. The van der Waals surface area contributed by atoms with Crippen molar-refractivity contribution in [2.24, 2.45) is 0 Å². The molecule has 9 aromatic rings. The Kier molecular flexibility index (Phi) is 6.65. The van der Waals surface area contributed by atoms with E-state index in [0.29, 0.717) is 0 Å². The van der Waals surface area contributed by atoms with Crippen LogP contribution in [0.1, 0.15) is 23.0 Å². The van der Waals surface area contributed by atoms with Crippen LogP contribution in [0.15, 0.2) is 182 Å². The van der Waals surface area contributed by atoms with Gasteiger partial charge in [-0.15, -0.1) is 0 Å². The molecule has 0 saturated heterocycles. The number of para-hydroxylation sites is 6. The van der Waals surface area contributed by atoms with Gasteiger partial charge >= 0.3 is 0 Å². The standard InChI is InChI=1S/C54H38N4/c1-3-15-35(16-4-1)55-47-23-11-7-19-39(47)43-31-45-41-21-9-13-25-49(41)57(53(45)33-51(43)55)37-27-29-38(30-28-37)58-50-26-14-10-22-42(50)46-32-44-40-20-8-12-24-48(40)56(52(44)34-54(46)58)36-17-5-2-6-18-36/h1-34,45-46,53-54H. The molecule has 0 amide bonds. The van der Waals surface area contributed by atoms with E-state index >= 15 is 0 Å². The smallest absolute Gasteiger partial charge is 0.0650 e. The van der Waals surface area contributed by atoms with Gasteiger partial charge in [0.1, 0.15) is 0 Å².